The zero-order valence-electron chi connectivity index (χ0n) is 12.0. The summed E-state index contributed by atoms with van der Waals surface area (Å²) < 4.78 is 0. The SMILES string of the molecule is CNC(=O)c1cc(NCC(C)(C)CCCN)ccn1. The van der Waals surface area contributed by atoms with Gasteiger partial charge in [0, 0.05) is 25.5 Å². The smallest absolute Gasteiger partial charge is 0.269 e. The molecule has 0 saturated heterocycles. The molecule has 0 atom stereocenters. The molecule has 1 heterocycles. The topological polar surface area (TPSA) is 80.0 Å². The molecule has 4 N–H and O–H groups in total. The first kappa shape index (κ1) is 15.4. The molecular weight excluding hydrogens is 240 g/mol. The van der Waals surface area contributed by atoms with Crippen molar-refractivity contribution in [1.29, 1.82) is 0 Å². The van der Waals surface area contributed by atoms with E-state index in [1.54, 1.807) is 19.3 Å². The lowest BCUT2D eigenvalue weighted by Crippen LogP contribution is -2.24. The molecule has 5 heteroatoms. The van der Waals surface area contributed by atoms with E-state index in [1.165, 1.54) is 0 Å². The van der Waals surface area contributed by atoms with E-state index in [2.05, 4.69) is 29.5 Å². The molecule has 106 valence electrons. The molecule has 1 amide bonds. The standard InChI is InChI=1S/C14H24N4O/c1-14(2,6-4-7-15)10-18-11-5-8-17-12(9-11)13(19)16-3/h5,8-9H,4,6-7,10,15H2,1-3H3,(H,16,19)(H,17,18). The predicted octanol–water partition coefficient (Wildman–Crippen LogP) is 1.62. The summed E-state index contributed by atoms with van der Waals surface area (Å²) in [6.45, 7) is 5.97. The van der Waals surface area contributed by atoms with Crippen molar-refractivity contribution in [1.82, 2.24) is 10.3 Å². The molecule has 5 nitrogen and oxygen atoms in total. The van der Waals surface area contributed by atoms with E-state index < -0.39 is 0 Å². The van der Waals surface area contributed by atoms with Gasteiger partial charge in [-0.2, -0.15) is 0 Å². The minimum absolute atomic E-state index is 0.175. The quantitative estimate of drug-likeness (QED) is 0.699. The van der Waals surface area contributed by atoms with E-state index in [1.807, 2.05) is 6.07 Å². The van der Waals surface area contributed by atoms with Gasteiger partial charge in [0.2, 0.25) is 0 Å². The molecule has 0 aliphatic carbocycles. The van der Waals surface area contributed by atoms with Gasteiger partial charge < -0.3 is 16.4 Å². The molecule has 0 bridgehead atoms. The van der Waals surface area contributed by atoms with Crippen molar-refractivity contribution < 1.29 is 4.79 Å². The Morgan fingerprint density at radius 3 is 2.84 bits per heavy atom. The number of carbonyl (C=O) groups excluding carboxylic acids is 1. The van der Waals surface area contributed by atoms with Crippen LogP contribution in [-0.4, -0.2) is 31.0 Å². The highest BCUT2D eigenvalue weighted by molar-refractivity contribution is 5.92. The third-order valence-corrected chi connectivity index (χ3v) is 3.05. The Bertz CT molecular complexity index is 418. The van der Waals surface area contributed by atoms with Crippen LogP contribution in [0.1, 0.15) is 37.2 Å². The number of pyridine rings is 1. The van der Waals surface area contributed by atoms with Crippen LogP contribution in [0.5, 0.6) is 0 Å². The van der Waals surface area contributed by atoms with Crippen molar-refractivity contribution in [3.05, 3.63) is 24.0 Å². The first-order valence-corrected chi connectivity index (χ1v) is 6.60. The van der Waals surface area contributed by atoms with E-state index in [9.17, 15) is 4.79 Å². The van der Waals surface area contributed by atoms with Gasteiger partial charge in [-0.15, -0.1) is 0 Å². The molecule has 0 spiro atoms. The Morgan fingerprint density at radius 2 is 2.21 bits per heavy atom. The first-order chi connectivity index (χ1) is 8.98. The molecule has 0 radical (unpaired) electrons. The summed E-state index contributed by atoms with van der Waals surface area (Å²) in [5.74, 6) is -0.175. The van der Waals surface area contributed by atoms with Crippen LogP contribution in [-0.2, 0) is 0 Å². The molecule has 1 aromatic rings. The van der Waals surface area contributed by atoms with Crippen LogP contribution in [0.2, 0.25) is 0 Å². The highest BCUT2D eigenvalue weighted by atomic mass is 16.1. The minimum Gasteiger partial charge on any atom is -0.384 e. The van der Waals surface area contributed by atoms with Crippen LogP contribution in [0.3, 0.4) is 0 Å². The molecule has 0 unspecified atom stereocenters. The van der Waals surface area contributed by atoms with Crippen molar-refractivity contribution in [2.45, 2.75) is 26.7 Å². The second kappa shape index (κ2) is 7.09. The number of nitrogens with zero attached hydrogens (tertiary/aromatic N) is 1. The summed E-state index contributed by atoms with van der Waals surface area (Å²) in [4.78, 5) is 15.5. The largest absolute Gasteiger partial charge is 0.384 e. The van der Waals surface area contributed by atoms with Gasteiger partial charge in [0.05, 0.1) is 0 Å². The van der Waals surface area contributed by atoms with Crippen LogP contribution in [0.4, 0.5) is 5.69 Å². The zero-order valence-corrected chi connectivity index (χ0v) is 12.0. The fourth-order valence-corrected chi connectivity index (χ4v) is 1.80. The van der Waals surface area contributed by atoms with Crippen molar-refractivity contribution >= 4 is 11.6 Å². The van der Waals surface area contributed by atoms with Gasteiger partial charge in [-0.05, 0) is 36.9 Å². The minimum atomic E-state index is -0.175. The predicted molar refractivity (Wildman–Crippen MR) is 78.2 cm³/mol. The lowest BCUT2D eigenvalue weighted by Gasteiger charge is -2.25. The maximum Gasteiger partial charge on any atom is 0.269 e. The Balaban J connectivity index is 2.60. The van der Waals surface area contributed by atoms with E-state index in [0.717, 1.165) is 31.6 Å². The molecule has 19 heavy (non-hydrogen) atoms. The average Bonchev–Trinajstić information content (AvgIpc) is 2.42. The van der Waals surface area contributed by atoms with Crippen LogP contribution < -0.4 is 16.4 Å². The van der Waals surface area contributed by atoms with Crippen LogP contribution >= 0.6 is 0 Å². The summed E-state index contributed by atoms with van der Waals surface area (Å²) in [5.41, 5.74) is 7.05. The van der Waals surface area contributed by atoms with Gasteiger partial charge >= 0.3 is 0 Å². The molecule has 0 aliphatic heterocycles. The van der Waals surface area contributed by atoms with Gasteiger partial charge in [-0.1, -0.05) is 13.8 Å². The van der Waals surface area contributed by atoms with Gasteiger partial charge in [0.25, 0.3) is 5.91 Å². The second-order valence-electron chi connectivity index (χ2n) is 5.42. The summed E-state index contributed by atoms with van der Waals surface area (Å²) in [7, 11) is 1.60. The maximum atomic E-state index is 11.5. The second-order valence-corrected chi connectivity index (χ2v) is 5.42. The van der Waals surface area contributed by atoms with Crippen molar-refractivity contribution in [3.8, 4) is 0 Å². The maximum absolute atomic E-state index is 11.5. The molecule has 0 aliphatic rings. The van der Waals surface area contributed by atoms with Crippen LogP contribution in [0.15, 0.2) is 18.3 Å². The number of aromatic nitrogens is 1. The number of hydrogen-bond donors (Lipinski definition) is 3. The van der Waals surface area contributed by atoms with Crippen molar-refractivity contribution in [2.75, 3.05) is 25.5 Å². The molecule has 0 fully saturated rings. The first-order valence-electron chi connectivity index (χ1n) is 6.60. The summed E-state index contributed by atoms with van der Waals surface area (Å²) in [6, 6.07) is 3.63. The number of nitrogens with two attached hydrogens (primary N) is 1. The lowest BCUT2D eigenvalue weighted by molar-refractivity contribution is 0.0958. The third-order valence-electron chi connectivity index (χ3n) is 3.05. The number of nitrogens with one attached hydrogen (secondary N) is 2. The van der Waals surface area contributed by atoms with Crippen LogP contribution in [0.25, 0.3) is 0 Å². The summed E-state index contributed by atoms with van der Waals surface area (Å²) in [6.07, 6.45) is 3.73. The molecule has 0 aromatic carbocycles. The Kier molecular flexibility index (Phi) is 5.76. The van der Waals surface area contributed by atoms with Gasteiger partial charge in [-0.3, -0.25) is 9.78 Å². The Morgan fingerprint density at radius 1 is 1.47 bits per heavy atom. The van der Waals surface area contributed by atoms with Gasteiger partial charge in [0.1, 0.15) is 5.69 Å². The zero-order chi connectivity index (χ0) is 14.3. The number of hydrogen-bond acceptors (Lipinski definition) is 4. The fourth-order valence-electron chi connectivity index (χ4n) is 1.80. The monoisotopic (exact) mass is 264 g/mol. The van der Waals surface area contributed by atoms with E-state index in [4.69, 9.17) is 5.73 Å². The average molecular weight is 264 g/mol. The number of rotatable bonds is 7. The van der Waals surface area contributed by atoms with E-state index in [-0.39, 0.29) is 11.3 Å². The molecule has 1 rings (SSSR count). The summed E-state index contributed by atoms with van der Waals surface area (Å²) in [5, 5.41) is 5.92. The van der Waals surface area contributed by atoms with Crippen LogP contribution in [0, 0.1) is 5.41 Å². The molecule has 1 aromatic heterocycles. The number of amides is 1. The molecule has 0 saturated carbocycles. The van der Waals surface area contributed by atoms with Crippen molar-refractivity contribution in [3.63, 3.8) is 0 Å². The highest BCUT2D eigenvalue weighted by Crippen LogP contribution is 2.22. The lowest BCUT2D eigenvalue weighted by atomic mass is 9.87. The number of carbonyl (C=O) groups is 1. The van der Waals surface area contributed by atoms with E-state index >= 15 is 0 Å². The summed E-state index contributed by atoms with van der Waals surface area (Å²) >= 11 is 0. The van der Waals surface area contributed by atoms with Crippen molar-refractivity contribution in [2.24, 2.45) is 11.1 Å². The Labute approximate surface area is 115 Å². The Hall–Kier alpha value is -1.62. The highest BCUT2D eigenvalue weighted by Gasteiger charge is 2.17. The molecular formula is C14H24N4O. The van der Waals surface area contributed by atoms with E-state index in [0.29, 0.717) is 5.69 Å². The van der Waals surface area contributed by atoms with Gasteiger partial charge in [-0.25, -0.2) is 0 Å². The fraction of sp³-hybridized carbons (Fsp3) is 0.571. The van der Waals surface area contributed by atoms with Gasteiger partial charge in [0.15, 0.2) is 0 Å². The third kappa shape index (κ3) is 5.26. The normalized spacial score (nSPS) is 11.2. The number of anilines is 1.